The summed E-state index contributed by atoms with van der Waals surface area (Å²) in [6.07, 6.45) is 0. The van der Waals surface area contributed by atoms with Crippen molar-refractivity contribution in [3.8, 4) is 11.6 Å². The van der Waals surface area contributed by atoms with Gasteiger partial charge in [0.05, 0.1) is 28.2 Å². The van der Waals surface area contributed by atoms with Crippen LogP contribution in [-0.2, 0) is 28.2 Å². The first-order valence-corrected chi connectivity index (χ1v) is 7.48. The van der Waals surface area contributed by atoms with E-state index in [4.69, 9.17) is 0 Å². The van der Waals surface area contributed by atoms with Crippen molar-refractivity contribution in [2.75, 3.05) is 0 Å². The smallest absolute Gasteiger partial charge is 0.373 e. The normalized spacial score (nSPS) is 10.7. The molecule has 4 rings (SSSR count). The quantitative estimate of drug-likeness (QED) is 0.171. The summed E-state index contributed by atoms with van der Waals surface area (Å²) >= 11 is 0. The number of halogens is 2. The standard InChI is InChI=1S/C18H20N4.2HI/c1-19-13-9-5-6-10-14(13)20(2)17(19)18-21(3)15-11-7-8-12-16(15)22(18)4;;/h5-12H,1-4H3;2*1H/q+2;;/p-2. The van der Waals surface area contributed by atoms with Crippen LogP contribution in [0.15, 0.2) is 48.5 Å². The van der Waals surface area contributed by atoms with Gasteiger partial charge in [0.1, 0.15) is 0 Å². The zero-order valence-corrected chi connectivity index (χ0v) is 18.5. The lowest BCUT2D eigenvalue weighted by Crippen LogP contribution is -3.00. The summed E-state index contributed by atoms with van der Waals surface area (Å²) in [6, 6.07) is 17.0. The summed E-state index contributed by atoms with van der Waals surface area (Å²) < 4.78 is 9.07. The summed E-state index contributed by atoms with van der Waals surface area (Å²) in [5, 5.41) is 0. The zero-order valence-electron chi connectivity index (χ0n) is 14.2. The Morgan fingerprint density at radius 1 is 0.625 bits per heavy atom. The summed E-state index contributed by atoms with van der Waals surface area (Å²) in [4.78, 5) is 0. The zero-order chi connectivity index (χ0) is 15.4. The van der Waals surface area contributed by atoms with Crippen molar-refractivity contribution in [2.45, 2.75) is 0 Å². The Bertz CT molecular complexity index is 869. The van der Waals surface area contributed by atoms with Gasteiger partial charge in [-0.25, -0.2) is 18.3 Å². The lowest BCUT2D eigenvalue weighted by Gasteiger charge is -1.96. The number of nitrogens with zero attached hydrogens (tertiary/aromatic N) is 4. The topological polar surface area (TPSA) is 17.6 Å². The number of hydrogen-bond donors (Lipinski definition) is 0. The molecule has 126 valence electrons. The predicted molar refractivity (Wildman–Crippen MR) is 87.2 cm³/mol. The Hall–Kier alpha value is -1.16. The summed E-state index contributed by atoms with van der Waals surface area (Å²) in [6.45, 7) is 0. The van der Waals surface area contributed by atoms with E-state index >= 15 is 0 Å². The van der Waals surface area contributed by atoms with Gasteiger partial charge in [0.25, 0.3) is 0 Å². The van der Waals surface area contributed by atoms with Crippen molar-refractivity contribution in [3.63, 3.8) is 0 Å². The van der Waals surface area contributed by atoms with Gasteiger partial charge in [-0.05, 0) is 24.3 Å². The lowest BCUT2D eigenvalue weighted by atomic mass is 10.3. The van der Waals surface area contributed by atoms with Crippen LogP contribution in [0.1, 0.15) is 0 Å². The molecule has 4 aromatic rings. The molecule has 0 saturated heterocycles. The minimum absolute atomic E-state index is 0. The van der Waals surface area contributed by atoms with E-state index in [-0.39, 0.29) is 48.0 Å². The molecule has 0 saturated carbocycles. The summed E-state index contributed by atoms with van der Waals surface area (Å²) in [5.41, 5.74) is 4.96. The number of para-hydroxylation sites is 4. The van der Waals surface area contributed by atoms with Crippen LogP contribution in [0.5, 0.6) is 0 Å². The predicted octanol–water partition coefficient (Wildman–Crippen LogP) is -4.01. The summed E-state index contributed by atoms with van der Waals surface area (Å²) in [5.74, 6) is 2.39. The van der Waals surface area contributed by atoms with Crippen LogP contribution < -0.4 is 57.1 Å². The first-order valence-electron chi connectivity index (χ1n) is 7.48. The van der Waals surface area contributed by atoms with Gasteiger partial charge < -0.3 is 48.0 Å². The largest absolute Gasteiger partial charge is 1.00 e. The molecule has 0 N–H and O–H groups in total. The van der Waals surface area contributed by atoms with E-state index < -0.39 is 0 Å². The highest BCUT2D eigenvalue weighted by Crippen LogP contribution is 2.22. The van der Waals surface area contributed by atoms with Gasteiger partial charge in [-0.2, -0.15) is 0 Å². The highest BCUT2D eigenvalue weighted by molar-refractivity contribution is 5.77. The molecule has 4 nitrogen and oxygen atoms in total. The maximum atomic E-state index is 2.27. The first kappa shape index (κ1) is 19.2. The number of benzene rings is 2. The molecule has 2 heterocycles. The van der Waals surface area contributed by atoms with Gasteiger partial charge in [0.15, 0.2) is 22.1 Å². The molecule has 2 aromatic heterocycles. The summed E-state index contributed by atoms with van der Waals surface area (Å²) in [7, 11) is 8.54. The van der Waals surface area contributed by atoms with Crippen molar-refractivity contribution in [1.82, 2.24) is 9.13 Å². The number of fused-ring (bicyclic) bond motifs is 2. The molecule has 0 amide bonds. The molecular weight excluding hydrogens is 526 g/mol. The Balaban J connectivity index is 0.00000104. The number of aromatic nitrogens is 4. The molecule has 0 fully saturated rings. The Morgan fingerprint density at radius 2 is 0.958 bits per heavy atom. The van der Waals surface area contributed by atoms with Crippen molar-refractivity contribution in [2.24, 2.45) is 28.2 Å². The SMILES string of the molecule is Cn1c(-c2n(C)c3ccccc3[n+]2C)[n+](C)c2ccccc21.[I-].[I-]. The fourth-order valence-corrected chi connectivity index (χ4v) is 3.57. The minimum Gasteiger partial charge on any atom is -1.00 e. The third-order valence-corrected chi connectivity index (χ3v) is 4.68. The molecule has 0 aliphatic heterocycles. The Labute approximate surface area is 175 Å². The van der Waals surface area contributed by atoms with E-state index in [1.165, 1.54) is 33.7 Å². The number of rotatable bonds is 1. The second kappa shape index (κ2) is 6.99. The molecule has 0 aliphatic carbocycles. The van der Waals surface area contributed by atoms with E-state index in [1.807, 2.05) is 0 Å². The monoisotopic (exact) mass is 546 g/mol. The second-order valence-electron chi connectivity index (χ2n) is 5.86. The van der Waals surface area contributed by atoms with Crippen LogP contribution >= 0.6 is 0 Å². The highest BCUT2D eigenvalue weighted by atomic mass is 127. The van der Waals surface area contributed by atoms with Gasteiger partial charge in [-0.15, -0.1) is 0 Å². The Morgan fingerprint density at radius 3 is 1.29 bits per heavy atom. The van der Waals surface area contributed by atoms with E-state index in [0.717, 1.165) is 0 Å². The maximum absolute atomic E-state index is 2.27. The van der Waals surface area contributed by atoms with Crippen LogP contribution in [0.2, 0.25) is 0 Å². The molecule has 0 aliphatic rings. The average Bonchev–Trinajstić information content (AvgIpc) is 2.94. The van der Waals surface area contributed by atoms with Crippen LogP contribution in [0.4, 0.5) is 0 Å². The van der Waals surface area contributed by atoms with Gasteiger partial charge in [0, 0.05) is 0 Å². The van der Waals surface area contributed by atoms with Gasteiger partial charge in [-0.1, -0.05) is 24.3 Å². The second-order valence-corrected chi connectivity index (χ2v) is 5.86. The van der Waals surface area contributed by atoms with Crippen LogP contribution in [-0.4, -0.2) is 9.13 Å². The van der Waals surface area contributed by atoms with Gasteiger partial charge >= 0.3 is 11.6 Å². The molecule has 6 heteroatoms. The van der Waals surface area contributed by atoms with Crippen LogP contribution in [0.3, 0.4) is 0 Å². The number of hydrogen-bond acceptors (Lipinski definition) is 0. The van der Waals surface area contributed by atoms with E-state index in [2.05, 4.69) is 95.0 Å². The van der Waals surface area contributed by atoms with E-state index in [0.29, 0.717) is 0 Å². The van der Waals surface area contributed by atoms with Gasteiger partial charge in [0.2, 0.25) is 0 Å². The van der Waals surface area contributed by atoms with E-state index in [1.54, 1.807) is 0 Å². The average molecular weight is 546 g/mol. The van der Waals surface area contributed by atoms with Crippen molar-refractivity contribution < 1.29 is 57.1 Å². The number of aryl methyl sites for hydroxylation is 4. The van der Waals surface area contributed by atoms with E-state index in [9.17, 15) is 0 Å². The fourth-order valence-electron chi connectivity index (χ4n) is 3.57. The molecule has 0 radical (unpaired) electrons. The molecule has 0 unspecified atom stereocenters. The maximum Gasteiger partial charge on any atom is 0.373 e. The third kappa shape index (κ3) is 2.54. The fraction of sp³-hybridized carbons (Fsp3) is 0.222. The van der Waals surface area contributed by atoms with Crippen LogP contribution in [0.25, 0.3) is 33.7 Å². The van der Waals surface area contributed by atoms with Crippen LogP contribution in [0, 0.1) is 0 Å². The molecule has 0 atom stereocenters. The molecular formula is C18H20I2N4. The highest BCUT2D eigenvalue weighted by Gasteiger charge is 2.33. The lowest BCUT2D eigenvalue weighted by molar-refractivity contribution is -0.665. The molecule has 2 aromatic carbocycles. The molecule has 0 spiro atoms. The Kier molecular flexibility index (Phi) is 5.58. The third-order valence-electron chi connectivity index (χ3n) is 4.68. The van der Waals surface area contributed by atoms with Crippen molar-refractivity contribution in [3.05, 3.63) is 48.5 Å². The minimum atomic E-state index is 0. The first-order chi connectivity index (χ1) is 10.6. The van der Waals surface area contributed by atoms with Gasteiger partial charge in [-0.3, -0.25) is 0 Å². The molecule has 0 bridgehead atoms. The van der Waals surface area contributed by atoms with Crippen molar-refractivity contribution in [1.29, 1.82) is 0 Å². The molecule has 24 heavy (non-hydrogen) atoms. The van der Waals surface area contributed by atoms with Crippen molar-refractivity contribution >= 4 is 22.1 Å². The number of imidazole rings is 2.